The highest BCUT2D eigenvalue weighted by Crippen LogP contribution is 2.37. The van der Waals surface area contributed by atoms with Gasteiger partial charge in [-0.1, -0.05) is 113 Å². The van der Waals surface area contributed by atoms with Gasteiger partial charge in [-0.05, 0) is 104 Å². The molecule has 0 heterocycles. The molecule has 0 spiro atoms. The maximum atomic E-state index is 3.59. The summed E-state index contributed by atoms with van der Waals surface area (Å²) in [5.41, 5.74) is 8.20. The normalized spacial score (nSPS) is 11.1. The first-order chi connectivity index (χ1) is 19.7. The molecule has 0 N–H and O–H groups in total. The van der Waals surface area contributed by atoms with E-state index in [0.29, 0.717) is 0 Å². The first-order valence-corrected chi connectivity index (χ1v) is 14.2. The fraction of sp³-hybridized carbons (Fsp3) is 0. The van der Waals surface area contributed by atoms with Crippen molar-refractivity contribution in [2.45, 2.75) is 0 Å². The second kappa shape index (κ2) is 10.5. The number of nitrogens with zero attached hydrogens (tertiary/aromatic N) is 1. The van der Waals surface area contributed by atoms with Gasteiger partial charge < -0.3 is 4.90 Å². The zero-order valence-corrected chi connectivity index (χ0v) is 23.4. The minimum atomic E-state index is 1.06. The lowest BCUT2D eigenvalue weighted by Crippen LogP contribution is -2.09. The second-order valence-electron chi connectivity index (χ2n) is 10.0. The predicted molar refractivity (Wildman–Crippen MR) is 175 cm³/mol. The molecule has 0 aliphatic carbocycles. The minimum Gasteiger partial charge on any atom is -0.311 e. The Kier molecular flexibility index (Phi) is 6.39. The largest absolute Gasteiger partial charge is 0.311 e. The van der Waals surface area contributed by atoms with Crippen molar-refractivity contribution in [1.29, 1.82) is 0 Å². The highest BCUT2D eigenvalue weighted by Gasteiger charge is 2.13. The molecule has 7 aromatic rings. The first-order valence-electron chi connectivity index (χ1n) is 13.5. The van der Waals surface area contributed by atoms with Crippen LogP contribution in [0.4, 0.5) is 17.1 Å². The van der Waals surface area contributed by atoms with Gasteiger partial charge in [-0.25, -0.2) is 0 Å². The van der Waals surface area contributed by atoms with Crippen molar-refractivity contribution in [2.24, 2.45) is 0 Å². The molecule has 1 nitrogen and oxygen atoms in total. The summed E-state index contributed by atoms with van der Waals surface area (Å²) in [6.45, 7) is 0. The van der Waals surface area contributed by atoms with E-state index in [2.05, 4.69) is 179 Å². The Bertz CT molecular complexity index is 1820. The van der Waals surface area contributed by atoms with Gasteiger partial charge in [0.25, 0.3) is 0 Å². The molecule has 0 aliphatic rings. The minimum absolute atomic E-state index is 1.06. The van der Waals surface area contributed by atoms with Crippen LogP contribution in [0.15, 0.2) is 162 Å². The molecule has 0 radical (unpaired) electrons. The molecular formula is C38H26BrN. The van der Waals surface area contributed by atoms with Gasteiger partial charge in [0, 0.05) is 21.5 Å². The smallest absolute Gasteiger partial charge is 0.0462 e. The van der Waals surface area contributed by atoms with Gasteiger partial charge in [0.1, 0.15) is 0 Å². The maximum absolute atomic E-state index is 3.59. The Morgan fingerprint density at radius 2 is 0.675 bits per heavy atom. The molecule has 0 amide bonds. The topological polar surface area (TPSA) is 3.24 Å². The number of rotatable bonds is 5. The van der Waals surface area contributed by atoms with Crippen LogP contribution in [0.1, 0.15) is 0 Å². The summed E-state index contributed by atoms with van der Waals surface area (Å²) in [6, 6.07) is 56.6. The van der Waals surface area contributed by atoms with Crippen LogP contribution < -0.4 is 4.90 Å². The van der Waals surface area contributed by atoms with Gasteiger partial charge in [0.05, 0.1) is 0 Å². The summed E-state index contributed by atoms with van der Waals surface area (Å²) < 4.78 is 1.06. The van der Waals surface area contributed by atoms with Crippen LogP contribution in [0.25, 0.3) is 43.8 Å². The third-order valence-electron chi connectivity index (χ3n) is 7.50. The molecule has 2 heteroatoms. The average Bonchev–Trinajstić information content (AvgIpc) is 3.02. The molecule has 0 unspecified atom stereocenters. The third-order valence-corrected chi connectivity index (χ3v) is 8.03. The monoisotopic (exact) mass is 575 g/mol. The first kappa shape index (κ1) is 24.4. The molecule has 7 rings (SSSR count). The van der Waals surface area contributed by atoms with Gasteiger partial charge in [-0.3, -0.25) is 0 Å². The summed E-state index contributed by atoms with van der Waals surface area (Å²) in [4.78, 5) is 2.31. The number of hydrogen-bond donors (Lipinski definition) is 0. The molecule has 40 heavy (non-hydrogen) atoms. The number of hydrogen-bond acceptors (Lipinski definition) is 1. The number of benzene rings is 7. The lowest BCUT2D eigenvalue weighted by atomic mass is 10.00. The van der Waals surface area contributed by atoms with Gasteiger partial charge in [0.2, 0.25) is 0 Å². The Morgan fingerprint density at radius 1 is 0.325 bits per heavy atom. The maximum Gasteiger partial charge on any atom is 0.0462 e. The number of fused-ring (bicyclic) bond motifs is 2. The SMILES string of the molecule is Brc1ccc(N(c2ccc(-c3ccc4ccccc4c3)cc2)c2ccc(-c3ccc4ccccc4c3)cc2)cc1. The van der Waals surface area contributed by atoms with Crippen LogP contribution >= 0.6 is 15.9 Å². The average molecular weight is 577 g/mol. The summed E-state index contributed by atoms with van der Waals surface area (Å²) in [6.07, 6.45) is 0. The fourth-order valence-electron chi connectivity index (χ4n) is 5.38. The van der Waals surface area contributed by atoms with E-state index in [1.807, 2.05) is 0 Å². The van der Waals surface area contributed by atoms with Crippen LogP contribution in [0.3, 0.4) is 0 Å². The van der Waals surface area contributed by atoms with Crippen LogP contribution in [0, 0.1) is 0 Å². The second-order valence-corrected chi connectivity index (χ2v) is 10.9. The molecule has 0 bridgehead atoms. The van der Waals surface area contributed by atoms with E-state index in [-0.39, 0.29) is 0 Å². The van der Waals surface area contributed by atoms with Gasteiger partial charge in [-0.15, -0.1) is 0 Å². The molecule has 0 saturated heterocycles. The molecule has 7 aromatic carbocycles. The van der Waals surface area contributed by atoms with Crippen molar-refractivity contribution in [3.8, 4) is 22.3 Å². The van der Waals surface area contributed by atoms with Crippen molar-refractivity contribution in [2.75, 3.05) is 4.90 Å². The van der Waals surface area contributed by atoms with E-state index in [4.69, 9.17) is 0 Å². The summed E-state index contributed by atoms with van der Waals surface area (Å²) in [5.74, 6) is 0. The number of anilines is 3. The Labute approximate surface area is 243 Å². The zero-order chi connectivity index (χ0) is 26.9. The highest BCUT2D eigenvalue weighted by atomic mass is 79.9. The van der Waals surface area contributed by atoms with Crippen molar-refractivity contribution in [3.05, 3.63) is 162 Å². The van der Waals surface area contributed by atoms with Crippen LogP contribution in [0.5, 0.6) is 0 Å². The van der Waals surface area contributed by atoms with E-state index >= 15 is 0 Å². The summed E-state index contributed by atoms with van der Waals surface area (Å²) in [5, 5.41) is 5.03. The molecule has 190 valence electrons. The predicted octanol–water partition coefficient (Wildman–Crippen LogP) is 11.6. The van der Waals surface area contributed by atoms with Crippen molar-refractivity contribution < 1.29 is 0 Å². The quantitative estimate of drug-likeness (QED) is 0.197. The Hall–Kier alpha value is -4.66. The Morgan fingerprint density at radius 3 is 1.10 bits per heavy atom. The molecule has 0 aromatic heterocycles. The van der Waals surface area contributed by atoms with Gasteiger partial charge >= 0.3 is 0 Å². The van der Waals surface area contributed by atoms with E-state index in [1.54, 1.807) is 0 Å². The lowest BCUT2D eigenvalue weighted by Gasteiger charge is -2.26. The van der Waals surface area contributed by atoms with Gasteiger partial charge in [-0.2, -0.15) is 0 Å². The molecule has 0 atom stereocenters. The van der Waals surface area contributed by atoms with Crippen molar-refractivity contribution in [3.63, 3.8) is 0 Å². The Balaban J connectivity index is 1.24. The van der Waals surface area contributed by atoms with Gasteiger partial charge in [0.15, 0.2) is 0 Å². The van der Waals surface area contributed by atoms with Crippen molar-refractivity contribution in [1.82, 2.24) is 0 Å². The molecule has 0 aliphatic heterocycles. The van der Waals surface area contributed by atoms with Crippen LogP contribution in [-0.4, -0.2) is 0 Å². The van der Waals surface area contributed by atoms with E-state index in [9.17, 15) is 0 Å². The zero-order valence-electron chi connectivity index (χ0n) is 21.8. The molecular weight excluding hydrogens is 550 g/mol. The fourth-order valence-corrected chi connectivity index (χ4v) is 5.65. The van der Waals surface area contributed by atoms with E-state index < -0.39 is 0 Å². The third kappa shape index (κ3) is 4.79. The van der Waals surface area contributed by atoms with Crippen LogP contribution in [-0.2, 0) is 0 Å². The highest BCUT2D eigenvalue weighted by molar-refractivity contribution is 9.10. The molecule has 0 saturated carbocycles. The van der Waals surface area contributed by atoms with E-state index in [1.165, 1.54) is 43.8 Å². The molecule has 0 fully saturated rings. The summed E-state index contributed by atoms with van der Waals surface area (Å²) in [7, 11) is 0. The van der Waals surface area contributed by atoms with Crippen LogP contribution in [0.2, 0.25) is 0 Å². The standard InChI is InChI=1S/C38H26BrN/c39-35-17-23-38(24-18-35)40(36-19-13-29(14-20-36)33-11-9-27-5-1-3-7-31(27)25-33)37-21-15-30(16-22-37)34-12-10-28-6-2-4-8-32(28)26-34/h1-26H. The van der Waals surface area contributed by atoms with Crippen molar-refractivity contribution >= 4 is 54.5 Å². The lowest BCUT2D eigenvalue weighted by molar-refractivity contribution is 1.28. The number of halogens is 1. The van der Waals surface area contributed by atoms with E-state index in [0.717, 1.165) is 21.5 Å². The summed E-state index contributed by atoms with van der Waals surface area (Å²) >= 11 is 3.59.